The average Bonchev–Trinajstić information content (AvgIpc) is 3.13. The van der Waals surface area contributed by atoms with Gasteiger partial charge in [-0.3, -0.25) is 4.68 Å². The summed E-state index contributed by atoms with van der Waals surface area (Å²) in [7, 11) is -2.45. The van der Waals surface area contributed by atoms with Crippen LogP contribution in [0.2, 0.25) is 0 Å². The molecular formula is C21H32N5NaO4S. The first-order valence-corrected chi connectivity index (χ1v) is 12.0. The van der Waals surface area contributed by atoms with E-state index in [1.165, 1.54) is 15.2 Å². The SMILES string of the molecule is CCc1cc(NC(=O)NS(=O)(=O)N(c2cnn(C)c2)C2CCOCC2)cc(C(C)C)c1.[NaH]. The Morgan fingerprint density at radius 3 is 2.53 bits per heavy atom. The predicted molar refractivity (Wildman–Crippen MR) is 128 cm³/mol. The fourth-order valence-electron chi connectivity index (χ4n) is 3.64. The van der Waals surface area contributed by atoms with Crippen molar-refractivity contribution in [3.05, 3.63) is 41.7 Å². The second kappa shape index (κ2) is 11.5. The fraction of sp³-hybridized carbons (Fsp3) is 0.524. The standard InChI is InChI=1S/C21H31N5O4S.Na.H/c1-5-16-10-17(15(2)3)12-18(11-16)23-21(27)24-31(28,29)26(19-6-8-30-9-7-19)20-13-22-25(4)14-20;;/h10-15,19H,5-9H2,1-4H3,(H2,23,24,27);;. The Kier molecular flexibility index (Phi) is 9.59. The average molecular weight is 474 g/mol. The van der Waals surface area contributed by atoms with Crippen molar-refractivity contribution in [1.82, 2.24) is 14.5 Å². The number of aromatic nitrogens is 2. The van der Waals surface area contributed by atoms with Crippen LogP contribution >= 0.6 is 0 Å². The first-order chi connectivity index (χ1) is 14.7. The Morgan fingerprint density at radius 1 is 1.28 bits per heavy atom. The molecule has 1 fully saturated rings. The van der Waals surface area contributed by atoms with Crippen LogP contribution in [0.25, 0.3) is 0 Å². The molecule has 0 bridgehead atoms. The first kappa shape index (κ1) is 26.7. The van der Waals surface area contributed by atoms with Crippen LogP contribution in [-0.2, 0) is 28.4 Å². The molecular weight excluding hydrogens is 441 g/mol. The van der Waals surface area contributed by atoms with E-state index in [2.05, 4.69) is 35.1 Å². The van der Waals surface area contributed by atoms with Crippen molar-refractivity contribution < 1.29 is 17.9 Å². The van der Waals surface area contributed by atoms with Gasteiger partial charge in [0.15, 0.2) is 0 Å². The molecule has 1 saturated heterocycles. The molecule has 172 valence electrons. The Bertz CT molecular complexity index is 1020. The summed E-state index contributed by atoms with van der Waals surface area (Å²) >= 11 is 0. The third-order valence-electron chi connectivity index (χ3n) is 5.30. The number of hydrogen-bond acceptors (Lipinski definition) is 5. The molecule has 2 amide bonds. The molecule has 1 aromatic heterocycles. The van der Waals surface area contributed by atoms with Crippen molar-refractivity contribution in [3.63, 3.8) is 0 Å². The minimum absolute atomic E-state index is 0. The van der Waals surface area contributed by atoms with E-state index in [1.807, 2.05) is 19.1 Å². The van der Waals surface area contributed by atoms with Crippen molar-refractivity contribution in [2.75, 3.05) is 22.8 Å². The van der Waals surface area contributed by atoms with Gasteiger partial charge in [0.2, 0.25) is 0 Å². The Morgan fingerprint density at radius 2 is 1.97 bits per heavy atom. The van der Waals surface area contributed by atoms with E-state index >= 15 is 0 Å². The quantitative estimate of drug-likeness (QED) is 0.601. The van der Waals surface area contributed by atoms with Crippen LogP contribution in [0.15, 0.2) is 30.6 Å². The van der Waals surface area contributed by atoms with Crippen LogP contribution in [0.3, 0.4) is 0 Å². The van der Waals surface area contributed by atoms with Gasteiger partial charge >= 0.3 is 45.8 Å². The van der Waals surface area contributed by atoms with Gasteiger partial charge in [-0.25, -0.2) is 13.8 Å². The molecule has 1 aliphatic heterocycles. The van der Waals surface area contributed by atoms with E-state index < -0.39 is 16.2 Å². The first-order valence-electron chi connectivity index (χ1n) is 10.5. The molecule has 3 rings (SSSR count). The summed E-state index contributed by atoms with van der Waals surface area (Å²) in [6.07, 6.45) is 4.98. The number of benzene rings is 1. The van der Waals surface area contributed by atoms with Gasteiger partial charge in [-0.05, 0) is 48.4 Å². The zero-order chi connectivity index (χ0) is 22.6. The van der Waals surface area contributed by atoms with E-state index in [4.69, 9.17) is 4.74 Å². The van der Waals surface area contributed by atoms with E-state index in [0.29, 0.717) is 37.4 Å². The number of aryl methyl sites for hydroxylation is 2. The van der Waals surface area contributed by atoms with Gasteiger partial charge in [-0.15, -0.1) is 0 Å². The second-order valence-corrected chi connectivity index (χ2v) is 9.59. The normalized spacial score (nSPS) is 14.7. The maximum atomic E-state index is 13.2. The molecule has 1 aromatic carbocycles. The van der Waals surface area contributed by atoms with Crippen LogP contribution in [-0.4, -0.2) is 73.0 Å². The summed E-state index contributed by atoms with van der Waals surface area (Å²) in [5, 5.41) is 6.77. The zero-order valence-electron chi connectivity index (χ0n) is 18.5. The van der Waals surface area contributed by atoms with Crippen LogP contribution in [0.1, 0.15) is 50.7 Å². The molecule has 0 atom stereocenters. The van der Waals surface area contributed by atoms with Crippen molar-refractivity contribution in [1.29, 1.82) is 0 Å². The fourth-order valence-corrected chi connectivity index (χ4v) is 5.00. The van der Waals surface area contributed by atoms with Crippen LogP contribution in [0, 0.1) is 0 Å². The monoisotopic (exact) mass is 473 g/mol. The summed E-state index contributed by atoms with van der Waals surface area (Å²) in [4.78, 5) is 12.7. The topological polar surface area (TPSA) is 106 Å². The number of rotatable bonds is 7. The molecule has 0 radical (unpaired) electrons. The molecule has 0 aliphatic carbocycles. The number of urea groups is 1. The number of anilines is 2. The van der Waals surface area contributed by atoms with Crippen molar-refractivity contribution in [2.45, 2.75) is 52.0 Å². The number of hydrogen-bond donors (Lipinski definition) is 2. The van der Waals surface area contributed by atoms with Gasteiger partial charge in [-0.1, -0.05) is 26.8 Å². The van der Waals surface area contributed by atoms with Gasteiger partial charge in [0, 0.05) is 32.1 Å². The van der Waals surface area contributed by atoms with Crippen LogP contribution in [0.4, 0.5) is 16.2 Å². The maximum absolute atomic E-state index is 13.2. The molecule has 1 aliphatic rings. The van der Waals surface area contributed by atoms with Crippen LogP contribution < -0.4 is 14.3 Å². The molecule has 0 unspecified atom stereocenters. The van der Waals surface area contributed by atoms with Crippen molar-refractivity contribution in [3.8, 4) is 0 Å². The van der Waals surface area contributed by atoms with Gasteiger partial charge in [0.25, 0.3) is 0 Å². The van der Waals surface area contributed by atoms with E-state index in [0.717, 1.165) is 17.5 Å². The summed E-state index contributed by atoms with van der Waals surface area (Å²) in [5.41, 5.74) is 3.12. The van der Waals surface area contributed by atoms with E-state index in [1.54, 1.807) is 13.2 Å². The van der Waals surface area contributed by atoms with Crippen molar-refractivity contribution >= 4 is 57.2 Å². The predicted octanol–water partition coefficient (Wildman–Crippen LogP) is 2.51. The van der Waals surface area contributed by atoms with E-state index in [9.17, 15) is 13.2 Å². The molecule has 2 aromatic rings. The van der Waals surface area contributed by atoms with Crippen molar-refractivity contribution in [2.24, 2.45) is 7.05 Å². The summed E-state index contributed by atoms with van der Waals surface area (Å²) in [5.74, 6) is 0.286. The van der Waals surface area contributed by atoms with Gasteiger partial charge in [-0.2, -0.15) is 13.5 Å². The molecule has 0 saturated carbocycles. The Balaban J connectivity index is 0.00000363. The summed E-state index contributed by atoms with van der Waals surface area (Å²) < 4.78 is 36.7. The van der Waals surface area contributed by atoms with Crippen LogP contribution in [0.5, 0.6) is 0 Å². The number of nitrogens with one attached hydrogen (secondary N) is 2. The number of ether oxygens (including phenoxy) is 1. The summed E-state index contributed by atoms with van der Waals surface area (Å²) in [6, 6.07) is 4.70. The van der Waals surface area contributed by atoms with Gasteiger partial charge in [0.1, 0.15) is 0 Å². The zero-order valence-corrected chi connectivity index (χ0v) is 19.3. The summed E-state index contributed by atoms with van der Waals surface area (Å²) in [6.45, 7) is 7.11. The Hall–Kier alpha value is -1.59. The molecule has 32 heavy (non-hydrogen) atoms. The molecule has 2 heterocycles. The number of carbonyl (C=O) groups is 1. The minimum atomic E-state index is -4.16. The molecule has 0 spiro atoms. The van der Waals surface area contributed by atoms with E-state index in [-0.39, 0.29) is 41.5 Å². The molecule has 2 N–H and O–H groups in total. The third-order valence-corrected chi connectivity index (χ3v) is 6.77. The van der Waals surface area contributed by atoms with Gasteiger partial charge < -0.3 is 10.1 Å². The van der Waals surface area contributed by atoms with Gasteiger partial charge in [0.05, 0.1) is 17.9 Å². The number of carbonyl (C=O) groups excluding carboxylic acids is 1. The molecule has 11 heteroatoms. The number of nitrogens with zero attached hydrogens (tertiary/aromatic N) is 3. The Labute approximate surface area is 212 Å². The third kappa shape index (κ3) is 6.71. The second-order valence-electron chi connectivity index (χ2n) is 8.04. The number of amides is 2. The molecule has 9 nitrogen and oxygen atoms in total.